The summed E-state index contributed by atoms with van der Waals surface area (Å²) in [5.41, 5.74) is -0.423. The lowest BCUT2D eigenvalue weighted by Gasteiger charge is -1.98. The Labute approximate surface area is 79.9 Å². The van der Waals surface area contributed by atoms with E-state index in [1.807, 2.05) is 0 Å². The summed E-state index contributed by atoms with van der Waals surface area (Å²) in [6.07, 6.45) is -2.74. The van der Waals surface area contributed by atoms with Gasteiger partial charge in [-0.15, -0.1) is 0 Å². The molecule has 0 saturated carbocycles. The van der Waals surface area contributed by atoms with Crippen LogP contribution in [0.15, 0.2) is 16.7 Å². The molecule has 1 heterocycles. The first-order valence-electron chi connectivity index (χ1n) is 3.10. The van der Waals surface area contributed by atoms with Crippen molar-refractivity contribution in [1.29, 1.82) is 0 Å². The van der Waals surface area contributed by atoms with Gasteiger partial charge in [0.25, 0.3) is 6.43 Å². The predicted octanol–water partition coefficient (Wildman–Crippen LogP) is 2.69. The third-order valence-electron chi connectivity index (χ3n) is 1.24. The van der Waals surface area contributed by atoms with Crippen molar-refractivity contribution in [3.63, 3.8) is 0 Å². The van der Waals surface area contributed by atoms with Gasteiger partial charge in [-0.3, -0.25) is 0 Å². The Morgan fingerprint density at radius 1 is 1.54 bits per heavy atom. The third kappa shape index (κ3) is 2.41. The van der Waals surface area contributed by atoms with Gasteiger partial charge in [-0.1, -0.05) is 0 Å². The number of hydrogen-bond acceptors (Lipinski definition) is 3. The predicted molar refractivity (Wildman–Crippen MR) is 43.5 cm³/mol. The van der Waals surface area contributed by atoms with Crippen LogP contribution in [0.4, 0.5) is 14.6 Å². The van der Waals surface area contributed by atoms with Gasteiger partial charge in [0, 0.05) is 33.6 Å². The van der Waals surface area contributed by atoms with E-state index in [9.17, 15) is 18.9 Å². The van der Waals surface area contributed by atoms with Crippen LogP contribution in [0.5, 0.6) is 0 Å². The Balaban J connectivity index is 3.19. The Kier molecular flexibility index (Phi) is 2.86. The highest BCUT2D eigenvalue weighted by molar-refractivity contribution is 9.10. The second kappa shape index (κ2) is 3.73. The van der Waals surface area contributed by atoms with E-state index in [1.165, 1.54) is 0 Å². The molecule has 0 fully saturated rings. The van der Waals surface area contributed by atoms with Crippen LogP contribution in [0.3, 0.4) is 0 Å². The topological polar surface area (TPSA) is 56.0 Å². The average Bonchev–Trinajstić information content (AvgIpc) is 2.03. The van der Waals surface area contributed by atoms with Gasteiger partial charge in [0.05, 0.1) is 0 Å². The summed E-state index contributed by atoms with van der Waals surface area (Å²) in [5, 5.41) is 10.2. The zero-order valence-corrected chi connectivity index (χ0v) is 7.66. The molecule has 1 rings (SSSR count). The molecule has 7 heteroatoms. The molecule has 0 unspecified atom stereocenters. The number of rotatable bonds is 2. The fourth-order valence-corrected chi connectivity index (χ4v) is 1.17. The molecule has 0 saturated heterocycles. The van der Waals surface area contributed by atoms with Crippen molar-refractivity contribution in [2.45, 2.75) is 6.43 Å². The molecule has 0 radical (unpaired) electrons. The van der Waals surface area contributed by atoms with Crippen LogP contribution in [0.1, 0.15) is 12.0 Å². The number of hydrogen-bond donors (Lipinski definition) is 0. The van der Waals surface area contributed by atoms with Crippen LogP contribution in [0, 0.1) is 10.1 Å². The van der Waals surface area contributed by atoms with Gasteiger partial charge in [0.15, 0.2) is 0 Å². The largest absolute Gasteiger partial charge is 0.365 e. The molecule has 4 nitrogen and oxygen atoms in total. The molecule has 1 aromatic rings. The minimum atomic E-state index is -2.74. The van der Waals surface area contributed by atoms with Crippen molar-refractivity contribution in [3.05, 3.63) is 32.4 Å². The monoisotopic (exact) mass is 252 g/mol. The van der Waals surface area contributed by atoms with Gasteiger partial charge < -0.3 is 10.1 Å². The summed E-state index contributed by atoms with van der Waals surface area (Å²) in [4.78, 5) is 12.8. The quantitative estimate of drug-likeness (QED) is 0.462. The van der Waals surface area contributed by atoms with E-state index in [4.69, 9.17) is 0 Å². The van der Waals surface area contributed by atoms with Crippen molar-refractivity contribution >= 4 is 21.7 Å². The maximum Gasteiger partial charge on any atom is 0.365 e. The zero-order chi connectivity index (χ0) is 10.0. The zero-order valence-electron chi connectivity index (χ0n) is 6.08. The number of nitro groups is 1. The Morgan fingerprint density at radius 3 is 2.62 bits per heavy atom. The Hall–Kier alpha value is -1.11. The summed E-state index contributed by atoms with van der Waals surface area (Å²) >= 11 is 2.80. The summed E-state index contributed by atoms with van der Waals surface area (Å²) in [6.45, 7) is 0. The number of alkyl halides is 2. The molecule has 13 heavy (non-hydrogen) atoms. The van der Waals surface area contributed by atoms with Crippen molar-refractivity contribution in [3.8, 4) is 0 Å². The van der Waals surface area contributed by atoms with E-state index in [-0.39, 0.29) is 4.60 Å². The molecular weight excluding hydrogens is 250 g/mol. The van der Waals surface area contributed by atoms with Gasteiger partial charge in [0.2, 0.25) is 4.60 Å². The van der Waals surface area contributed by atoms with Gasteiger partial charge in [-0.05, 0) is 9.91 Å². The number of pyridine rings is 1. The number of nitrogens with zero attached hydrogens (tertiary/aromatic N) is 2. The maximum atomic E-state index is 12.1. The second-order valence-electron chi connectivity index (χ2n) is 2.14. The minimum Gasteiger partial charge on any atom is -0.358 e. The molecule has 0 amide bonds. The Bertz CT molecular complexity index is 345. The molecule has 0 N–H and O–H groups in total. The van der Waals surface area contributed by atoms with Gasteiger partial charge in [0.1, 0.15) is 0 Å². The van der Waals surface area contributed by atoms with Gasteiger partial charge >= 0.3 is 5.82 Å². The fraction of sp³-hybridized carbons (Fsp3) is 0.167. The molecular formula is C6H3BrF2N2O2. The van der Waals surface area contributed by atoms with Gasteiger partial charge in [-0.2, -0.15) is 0 Å². The molecule has 0 spiro atoms. The van der Waals surface area contributed by atoms with Crippen LogP contribution in [0.2, 0.25) is 0 Å². The molecule has 1 aromatic heterocycles. The molecule has 0 aliphatic heterocycles. The van der Waals surface area contributed by atoms with Crippen molar-refractivity contribution in [2.24, 2.45) is 0 Å². The van der Waals surface area contributed by atoms with E-state index < -0.39 is 22.7 Å². The van der Waals surface area contributed by atoms with Crippen LogP contribution in [-0.2, 0) is 0 Å². The smallest absolute Gasteiger partial charge is 0.358 e. The first kappa shape index (κ1) is 9.97. The lowest BCUT2D eigenvalue weighted by molar-refractivity contribution is -0.389. The first-order chi connectivity index (χ1) is 6.00. The SMILES string of the molecule is O=[N+]([O-])c1cc(C(F)F)cc(Br)n1. The van der Waals surface area contributed by atoms with E-state index in [1.54, 1.807) is 0 Å². The van der Waals surface area contributed by atoms with Crippen molar-refractivity contribution < 1.29 is 13.7 Å². The maximum absolute atomic E-state index is 12.1. The van der Waals surface area contributed by atoms with E-state index >= 15 is 0 Å². The lowest BCUT2D eigenvalue weighted by atomic mass is 10.3. The first-order valence-corrected chi connectivity index (χ1v) is 3.90. The average molecular weight is 253 g/mol. The summed E-state index contributed by atoms with van der Waals surface area (Å²) < 4.78 is 24.3. The van der Waals surface area contributed by atoms with E-state index in [0.717, 1.165) is 12.1 Å². The highest BCUT2D eigenvalue weighted by Crippen LogP contribution is 2.24. The van der Waals surface area contributed by atoms with E-state index in [2.05, 4.69) is 20.9 Å². The van der Waals surface area contributed by atoms with Crippen molar-refractivity contribution in [2.75, 3.05) is 0 Å². The summed E-state index contributed by atoms with van der Waals surface area (Å²) in [5.74, 6) is -0.593. The molecule has 0 atom stereocenters. The molecule has 0 aliphatic rings. The third-order valence-corrected chi connectivity index (χ3v) is 1.65. The van der Waals surface area contributed by atoms with Crippen LogP contribution >= 0.6 is 15.9 Å². The van der Waals surface area contributed by atoms with E-state index in [0.29, 0.717) is 0 Å². The fourth-order valence-electron chi connectivity index (χ4n) is 0.722. The Morgan fingerprint density at radius 2 is 2.15 bits per heavy atom. The van der Waals surface area contributed by atoms with Crippen LogP contribution in [-0.4, -0.2) is 9.91 Å². The molecule has 0 bridgehead atoms. The normalized spacial score (nSPS) is 10.5. The highest BCUT2D eigenvalue weighted by atomic mass is 79.9. The second-order valence-corrected chi connectivity index (χ2v) is 2.95. The molecule has 70 valence electrons. The number of aromatic nitrogens is 1. The van der Waals surface area contributed by atoms with Gasteiger partial charge in [-0.25, -0.2) is 8.78 Å². The van der Waals surface area contributed by atoms with Crippen molar-refractivity contribution in [1.82, 2.24) is 4.98 Å². The molecule has 0 aromatic carbocycles. The highest BCUT2D eigenvalue weighted by Gasteiger charge is 2.16. The number of halogens is 3. The summed E-state index contributed by atoms with van der Waals surface area (Å²) in [6, 6.07) is 1.78. The lowest BCUT2D eigenvalue weighted by Crippen LogP contribution is -1.95. The minimum absolute atomic E-state index is 0.0250. The van der Waals surface area contributed by atoms with Crippen LogP contribution in [0.25, 0.3) is 0 Å². The van der Waals surface area contributed by atoms with Crippen LogP contribution < -0.4 is 0 Å². The summed E-state index contributed by atoms with van der Waals surface area (Å²) in [7, 11) is 0. The molecule has 0 aliphatic carbocycles. The standard InChI is InChI=1S/C6H3BrF2N2O2/c7-4-1-3(6(8)9)2-5(10-4)11(12)13/h1-2,6H.